The highest BCUT2D eigenvalue weighted by molar-refractivity contribution is 8.00. The summed E-state index contributed by atoms with van der Waals surface area (Å²) in [6, 6.07) is 9.14. The Morgan fingerprint density at radius 3 is 2.79 bits per heavy atom. The van der Waals surface area contributed by atoms with Crippen molar-refractivity contribution in [3.63, 3.8) is 0 Å². The summed E-state index contributed by atoms with van der Waals surface area (Å²) in [6.45, 7) is 2.55. The molecule has 0 radical (unpaired) electrons. The first-order chi connectivity index (χ1) is 11.4. The number of aryl methyl sites for hydroxylation is 1. The van der Waals surface area contributed by atoms with Crippen LogP contribution >= 0.6 is 11.8 Å². The second-order valence-corrected chi connectivity index (χ2v) is 6.42. The van der Waals surface area contributed by atoms with E-state index in [4.69, 9.17) is 10.3 Å². The third-order valence-electron chi connectivity index (χ3n) is 3.05. The van der Waals surface area contributed by atoms with Crippen LogP contribution in [0.2, 0.25) is 0 Å². The van der Waals surface area contributed by atoms with Crippen molar-refractivity contribution in [3.8, 4) is 0 Å². The van der Waals surface area contributed by atoms with Gasteiger partial charge in [-0.3, -0.25) is 14.5 Å². The summed E-state index contributed by atoms with van der Waals surface area (Å²) in [5, 5.41) is 6.77. The predicted octanol–water partition coefficient (Wildman–Crippen LogP) is 1.63. The fourth-order valence-electron chi connectivity index (χ4n) is 2.10. The molecule has 3 N–H and O–H groups in total. The van der Waals surface area contributed by atoms with Crippen LogP contribution in [0.1, 0.15) is 11.5 Å². The Morgan fingerprint density at radius 2 is 2.12 bits per heavy atom. The minimum atomic E-state index is -0.399. The van der Waals surface area contributed by atoms with Crippen LogP contribution in [-0.4, -0.2) is 41.2 Å². The monoisotopic (exact) mass is 348 g/mol. The van der Waals surface area contributed by atoms with Crippen molar-refractivity contribution in [1.82, 2.24) is 10.1 Å². The second-order valence-electron chi connectivity index (χ2n) is 5.40. The van der Waals surface area contributed by atoms with Crippen LogP contribution in [0.5, 0.6) is 0 Å². The lowest BCUT2D eigenvalue weighted by molar-refractivity contribution is -0.117. The fraction of sp³-hybridized carbons (Fsp3) is 0.312. The molecule has 0 aliphatic carbocycles. The number of primary amides is 1. The average Bonchev–Trinajstić information content (AvgIpc) is 2.91. The van der Waals surface area contributed by atoms with Crippen LogP contribution in [0.4, 0.5) is 5.69 Å². The van der Waals surface area contributed by atoms with Crippen LogP contribution in [0, 0.1) is 6.92 Å². The standard InChI is InChI=1S/C16H20N4O3S/c1-11-7-12(19-23-11)8-20(2)9-16(22)18-13-5-3-4-6-14(13)24-10-15(17)21/h3-7H,8-10H2,1-2H3,(H2,17,21)(H,18,22). The first-order valence-corrected chi connectivity index (χ1v) is 8.33. The summed E-state index contributed by atoms with van der Waals surface area (Å²) in [5.74, 6) is 0.357. The Hall–Kier alpha value is -2.32. The Labute approximate surface area is 144 Å². The van der Waals surface area contributed by atoms with Crippen LogP contribution in [0.15, 0.2) is 39.8 Å². The first-order valence-electron chi connectivity index (χ1n) is 7.35. The van der Waals surface area contributed by atoms with E-state index in [0.29, 0.717) is 12.2 Å². The number of likely N-dealkylation sites (N-methyl/N-ethyl adjacent to an activating group) is 1. The topological polar surface area (TPSA) is 101 Å². The molecular formula is C16H20N4O3S. The number of aromatic nitrogens is 1. The quantitative estimate of drug-likeness (QED) is 0.703. The third kappa shape index (κ3) is 5.71. The molecule has 128 valence electrons. The maximum absolute atomic E-state index is 12.2. The van der Waals surface area contributed by atoms with Gasteiger partial charge in [-0.05, 0) is 26.1 Å². The molecule has 0 fully saturated rings. The zero-order valence-electron chi connectivity index (χ0n) is 13.6. The van der Waals surface area contributed by atoms with Gasteiger partial charge in [0, 0.05) is 17.5 Å². The number of amides is 2. The molecule has 7 nitrogen and oxygen atoms in total. The van der Waals surface area contributed by atoms with Gasteiger partial charge in [0.05, 0.1) is 23.7 Å². The van der Waals surface area contributed by atoms with Crippen molar-refractivity contribution >= 4 is 29.3 Å². The summed E-state index contributed by atoms with van der Waals surface area (Å²) >= 11 is 1.30. The average molecular weight is 348 g/mol. The van der Waals surface area contributed by atoms with E-state index >= 15 is 0 Å². The van der Waals surface area contributed by atoms with Gasteiger partial charge in [-0.15, -0.1) is 11.8 Å². The number of hydrogen-bond acceptors (Lipinski definition) is 6. The number of rotatable bonds is 8. The molecule has 0 aliphatic rings. The molecule has 0 bridgehead atoms. The van der Waals surface area contributed by atoms with Gasteiger partial charge >= 0.3 is 0 Å². The molecule has 0 saturated heterocycles. The van der Waals surface area contributed by atoms with E-state index < -0.39 is 5.91 Å². The molecule has 0 atom stereocenters. The van der Waals surface area contributed by atoms with Crippen LogP contribution < -0.4 is 11.1 Å². The number of hydrogen-bond donors (Lipinski definition) is 2. The Balaban J connectivity index is 1.90. The number of nitrogens with zero attached hydrogens (tertiary/aromatic N) is 2. The maximum atomic E-state index is 12.2. The van der Waals surface area contributed by atoms with E-state index in [1.165, 1.54) is 11.8 Å². The number of nitrogens with two attached hydrogens (primary N) is 1. The molecule has 1 heterocycles. The molecule has 2 rings (SSSR count). The van der Waals surface area contributed by atoms with Crippen molar-refractivity contribution < 1.29 is 14.1 Å². The van der Waals surface area contributed by atoms with E-state index in [1.807, 2.05) is 43.1 Å². The number of carbonyl (C=O) groups is 2. The summed E-state index contributed by atoms with van der Waals surface area (Å²) in [5.41, 5.74) is 6.61. The molecule has 2 aromatic rings. The molecule has 24 heavy (non-hydrogen) atoms. The van der Waals surface area contributed by atoms with Crippen molar-refractivity contribution in [3.05, 3.63) is 41.8 Å². The summed E-state index contributed by atoms with van der Waals surface area (Å²) in [7, 11) is 1.83. The van der Waals surface area contributed by atoms with E-state index in [2.05, 4.69) is 10.5 Å². The minimum Gasteiger partial charge on any atom is -0.369 e. The SMILES string of the molecule is Cc1cc(CN(C)CC(=O)Nc2ccccc2SCC(N)=O)no1. The summed E-state index contributed by atoms with van der Waals surface area (Å²) in [6.07, 6.45) is 0. The van der Waals surface area contributed by atoms with Gasteiger partial charge < -0.3 is 15.6 Å². The van der Waals surface area contributed by atoms with E-state index in [1.54, 1.807) is 6.07 Å². The molecule has 0 saturated carbocycles. The van der Waals surface area contributed by atoms with Crippen LogP contribution in [-0.2, 0) is 16.1 Å². The van der Waals surface area contributed by atoms with Gasteiger partial charge in [-0.2, -0.15) is 0 Å². The second kappa shape index (κ2) is 8.51. The maximum Gasteiger partial charge on any atom is 0.238 e. The smallest absolute Gasteiger partial charge is 0.238 e. The number of thioether (sulfide) groups is 1. The number of carbonyl (C=O) groups excluding carboxylic acids is 2. The highest BCUT2D eigenvalue weighted by atomic mass is 32.2. The van der Waals surface area contributed by atoms with Crippen molar-refractivity contribution in [2.24, 2.45) is 5.73 Å². The zero-order chi connectivity index (χ0) is 17.5. The molecule has 0 unspecified atom stereocenters. The summed E-state index contributed by atoms with van der Waals surface area (Å²) < 4.78 is 5.01. The third-order valence-corrected chi connectivity index (χ3v) is 4.15. The minimum absolute atomic E-state index is 0.148. The number of nitrogens with one attached hydrogen (secondary N) is 1. The Morgan fingerprint density at radius 1 is 1.38 bits per heavy atom. The number of benzene rings is 1. The van der Waals surface area contributed by atoms with Gasteiger partial charge in [-0.1, -0.05) is 17.3 Å². The normalized spacial score (nSPS) is 10.8. The van der Waals surface area contributed by atoms with Crippen molar-refractivity contribution in [1.29, 1.82) is 0 Å². The number of para-hydroxylation sites is 1. The highest BCUT2D eigenvalue weighted by Gasteiger charge is 2.12. The molecule has 2 amide bonds. The largest absolute Gasteiger partial charge is 0.369 e. The van der Waals surface area contributed by atoms with Crippen molar-refractivity contribution in [2.75, 3.05) is 24.7 Å². The van der Waals surface area contributed by atoms with Gasteiger partial charge in [0.1, 0.15) is 5.76 Å². The molecule has 1 aromatic heterocycles. The lowest BCUT2D eigenvalue weighted by atomic mass is 10.3. The fourth-order valence-corrected chi connectivity index (χ4v) is 2.85. The first kappa shape index (κ1) is 18.0. The van der Waals surface area contributed by atoms with Crippen molar-refractivity contribution in [2.45, 2.75) is 18.4 Å². The van der Waals surface area contributed by atoms with Gasteiger partial charge in [0.15, 0.2) is 0 Å². The Bertz CT molecular complexity index is 717. The lowest BCUT2D eigenvalue weighted by Crippen LogP contribution is -2.30. The van der Waals surface area contributed by atoms with E-state index in [-0.39, 0.29) is 18.2 Å². The van der Waals surface area contributed by atoms with E-state index in [0.717, 1.165) is 16.3 Å². The van der Waals surface area contributed by atoms with Gasteiger partial charge in [-0.25, -0.2) is 0 Å². The zero-order valence-corrected chi connectivity index (χ0v) is 14.4. The molecule has 0 aliphatic heterocycles. The van der Waals surface area contributed by atoms with Gasteiger partial charge in [0.2, 0.25) is 11.8 Å². The summed E-state index contributed by atoms with van der Waals surface area (Å²) in [4.78, 5) is 25.8. The number of anilines is 1. The molecule has 8 heteroatoms. The molecular weight excluding hydrogens is 328 g/mol. The molecule has 0 spiro atoms. The Kier molecular flexibility index (Phi) is 6.39. The van der Waals surface area contributed by atoms with E-state index in [9.17, 15) is 9.59 Å². The van der Waals surface area contributed by atoms with Crippen LogP contribution in [0.25, 0.3) is 0 Å². The predicted molar refractivity (Wildman–Crippen MR) is 92.6 cm³/mol. The molecule has 1 aromatic carbocycles. The lowest BCUT2D eigenvalue weighted by Gasteiger charge is -2.15. The van der Waals surface area contributed by atoms with Gasteiger partial charge in [0.25, 0.3) is 0 Å². The van der Waals surface area contributed by atoms with Crippen LogP contribution in [0.3, 0.4) is 0 Å². The highest BCUT2D eigenvalue weighted by Crippen LogP contribution is 2.26.